The average Bonchev–Trinajstić information content (AvgIpc) is 2.98. The molecule has 1 amide bonds. The van der Waals surface area contributed by atoms with Gasteiger partial charge in [0.1, 0.15) is 0 Å². The summed E-state index contributed by atoms with van der Waals surface area (Å²) in [5, 5.41) is 1.28. The molecule has 0 bridgehead atoms. The van der Waals surface area contributed by atoms with Crippen LogP contribution in [0.1, 0.15) is 32.3 Å². The van der Waals surface area contributed by atoms with Crippen LogP contribution >= 0.6 is 0 Å². The lowest BCUT2D eigenvalue weighted by Gasteiger charge is -2.35. The van der Waals surface area contributed by atoms with Crippen molar-refractivity contribution in [2.75, 3.05) is 32.7 Å². The number of carbonyl (C=O) groups is 1. The number of fused-ring (bicyclic) bond motifs is 1. The Bertz CT molecular complexity index is 668. The van der Waals surface area contributed by atoms with Gasteiger partial charge in [0.05, 0.1) is 0 Å². The van der Waals surface area contributed by atoms with Crippen LogP contribution < -0.4 is 0 Å². The predicted octanol–water partition coefficient (Wildman–Crippen LogP) is 3.29. The summed E-state index contributed by atoms with van der Waals surface area (Å²) in [6.45, 7) is 9.46. The fraction of sp³-hybridized carbons (Fsp3) is 0.550. The number of benzene rings is 1. The Morgan fingerprint density at radius 2 is 1.92 bits per heavy atom. The van der Waals surface area contributed by atoms with Gasteiger partial charge in [0.2, 0.25) is 5.91 Å². The molecule has 130 valence electrons. The predicted molar refractivity (Wildman–Crippen MR) is 99.1 cm³/mol. The number of nitrogens with one attached hydrogen (secondary N) is 1. The van der Waals surface area contributed by atoms with E-state index in [0.29, 0.717) is 18.2 Å². The largest absolute Gasteiger partial charge is 0.361 e. The van der Waals surface area contributed by atoms with Gasteiger partial charge in [-0.1, -0.05) is 32.0 Å². The molecule has 1 fully saturated rings. The van der Waals surface area contributed by atoms with Crippen LogP contribution in [-0.2, 0) is 11.2 Å². The second kappa shape index (κ2) is 7.84. The molecular weight excluding hydrogens is 298 g/mol. The third kappa shape index (κ3) is 4.18. The van der Waals surface area contributed by atoms with E-state index in [2.05, 4.69) is 48.1 Å². The monoisotopic (exact) mass is 327 g/mol. The van der Waals surface area contributed by atoms with Crippen LogP contribution in [-0.4, -0.2) is 53.4 Å². The highest BCUT2D eigenvalue weighted by molar-refractivity contribution is 5.83. The molecule has 0 atom stereocenters. The molecule has 0 unspecified atom stereocenters. The minimum Gasteiger partial charge on any atom is -0.361 e. The van der Waals surface area contributed by atoms with Crippen molar-refractivity contribution in [1.29, 1.82) is 0 Å². The lowest BCUT2D eigenvalue weighted by Crippen LogP contribution is -2.49. The van der Waals surface area contributed by atoms with Crippen LogP contribution in [0.4, 0.5) is 0 Å². The number of H-pyrrole nitrogens is 1. The fourth-order valence-corrected chi connectivity index (χ4v) is 3.62. The van der Waals surface area contributed by atoms with Gasteiger partial charge in [-0.15, -0.1) is 0 Å². The van der Waals surface area contributed by atoms with Crippen LogP contribution in [0.15, 0.2) is 30.5 Å². The number of amides is 1. The summed E-state index contributed by atoms with van der Waals surface area (Å²) in [7, 11) is 0. The Morgan fingerprint density at radius 3 is 2.67 bits per heavy atom. The second-order valence-electron chi connectivity index (χ2n) is 7.29. The van der Waals surface area contributed by atoms with Crippen molar-refractivity contribution in [1.82, 2.24) is 14.8 Å². The summed E-state index contributed by atoms with van der Waals surface area (Å²) >= 11 is 0. The van der Waals surface area contributed by atoms with Crippen molar-refractivity contribution < 1.29 is 4.79 Å². The van der Waals surface area contributed by atoms with E-state index in [1.807, 2.05) is 11.0 Å². The highest BCUT2D eigenvalue weighted by atomic mass is 16.2. The van der Waals surface area contributed by atoms with E-state index in [4.69, 9.17) is 0 Å². The first-order valence-corrected chi connectivity index (χ1v) is 9.18. The summed E-state index contributed by atoms with van der Waals surface area (Å²) in [5.41, 5.74) is 2.50. The summed E-state index contributed by atoms with van der Waals surface area (Å²) in [5.74, 6) is 1.02. The standard InChI is InChI=1S/C20H29N3O/c1-16(2)15-22-10-12-23(13-11-22)20(24)9-5-6-17-14-21-19-8-4-3-7-18(17)19/h3-4,7-8,14,16,21H,5-6,9-13,15H2,1-2H3. The number of para-hydroxylation sites is 1. The zero-order valence-corrected chi connectivity index (χ0v) is 14.9. The van der Waals surface area contributed by atoms with E-state index >= 15 is 0 Å². The van der Waals surface area contributed by atoms with E-state index in [0.717, 1.165) is 45.6 Å². The molecule has 1 saturated heterocycles. The minimum absolute atomic E-state index is 0.319. The molecule has 1 aromatic heterocycles. The first kappa shape index (κ1) is 17.0. The lowest BCUT2D eigenvalue weighted by molar-refractivity contribution is -0.133. The van der Waals surface area contributed by atoms with Gasteiger partial charge >= 0.3 is 0 Å². The van der Waals surface area contributed by atoms with Gasteiger partial charge < -0.3 is 9.88 Å². The maximum Gasteiger partial charge on any atom is 0.222 e. The Kier molecular flexibility index (Phi) is 5.56. The Morgan fingerprint density at radius 1 is 1.17 bits per heavy atom. The lowest BCUT2D eigenvalue weighted by atomic mass is 10.1. The number of carbonyl (C=O) groups excluding carboxylic acids is 1. The first-order valence-electron chi connectivity index (χ1n) is 9.18. The molecule has 24 heavy (non-hydrogen) atoms. The molecule has 0 spiro atoms. The number of rotatable bonds is 6. The van der Waals surface area contributed by atoms with Gasteiger partial charge in [-0.05, 0) is 30.4 Å². The smallest absolute Gasteiger partial charge is 0.222 e. The van der Waals surface area contributed by atoms with Gasteiger partial charge in [-0.25, -0.2) is 0 Å². The number of piperazine rings is 1. The molecule has 2 heterocycles. The van der Waals surface area contributed by atoms with Crippen molar-refractivity contribution in [2.24, 2.45) is 5.92 Å². The fourth-order valence-electron chi connectivity index (χ4n) is 3.62. The van der Waals surface area contributed by atoms with E-state index in [9.17, 15) is 4.79 Å². The Hall–Kier alpha value is -1.81. The summed E-state index contributed by atoms with van der Waals surface area (Å²) in [6, 6.07) is 8.37. The van der Waals surface area contributed by atoms with E-state index < -0.39 is 0 Å². The molecule has 1 aromatic carbocycles. The molecule has 1 N–H and O–H groups in total. The average molecular weight is 327 g/mol. The van der Waals surface area contributed by atoms with Gasteiger partial charge in [0.15, 0.2) is 0 Å². The van der Waals surface area contributed by atoms with Crippen LogP contribution in [0.25, 0.3) is 10.9 Å². The normalized spacial score (nSPS) is 16.2. The highest BCUT2D eigenvalue weighted by Gasteiger charge is 2.21. The Labute approximate surface area is 144 Å². The molecule has 2 aromatic rings. The number of aromatic amines is 1. The molecular formula is C20H29N3O. The molecule has 0 radical (unpaired) electrons. The molecule has 4 heteroatoms. The minimum atomic E-state index is 0.319. The van der Waals surface area contributed by atoms with E-state index in [1.165, 1.54) is 16.5 Å². The summed E-state index contributed by atoms with van der Waals surface area (Å²) in [6.07, 6.45) is 4.62. The van der Waals surface area contributed by atoms with E-state index in [1.54, 1.807) is 0 Å². The van der Waals surface area contributed by atoms with E-state index in [-0.39, 0.29) is 0 Å². The molecule has 4 nitrogen and oxygen atoms in total. The van der Waals surface area contributed by atoms with Crippen LogP contribution in [0.2, 0.25) is 0 Å². The van der Waals surface area contributed by atoms with Crippen LogP contribution in [0, 0.1) is 5.92 Å². The zero-order valence-electron chi connectivity index (χ0n) is 14.9. The molecule has 0 aliphatic carbocycles. The van der Waals surface area contributed by atoms with Gasteiger partial charge in [-0.2, -0.15) is 0 Å². The summed E-state index contributed by atoms with van der Waals surface area (Å²) < 4.78 is 0. The third-order valence-electron chi connectivity index (χ3n) is 4.86. The number of hydrogen-bond acceptors (Lipinski definition) is 2. The van der Waals surface area contributed by atoms with Crippen LogP contribution in [0.5, 0.6) is 0 Å². The SMILES string of the molecule is CC(C)CN1CCN(C(=O)CCCc2c[nH]c3ccccc23)CC1. The van der Waals surface area contributed by atoms with Crippen molar-refractivity contribution in [3.05, 3.63) is 36.0 Å². The number of aryl methyl sites for hydroxylation is 1. The van der Waals surface area contributed by atoms with Crippen molar-refractivity contribution >= 4 is 16.8 Å². The molecule has 3 rings (SSSR count). The second-order valence-corrected chi connectivity index (χ2v) is 7.29. The first-order chi connectivity index (χ1) is 11.6. The maximum atomic E-state index is 12.4. The van der Waals surface area contributed by atoms with Crippen LogP contribution in [0.3, 0.4) is 0 Å². The molecule has 1 aliphatic heterocycles. The summed E-state index contributed by atoms with van der Waals surface area (Å²) in [4.78, 5) is 20.2. The van der Waals surface area contributed by atoms with Crippen molar-refractivity contribution in [3.8, 4) is 0 Å². The highest BCUT2D eigenvalue weighted by Crippen LogP contribution is 2.19. The quantitative estimate of drug-likeness (QED) is 0.884. The van der Waals surface area contributed by atoms with Gasteiger partial charge in [0.25, 0.3) is 0 Å². The maximum absolute atomic E-state index is 12.4. The number of nitrogens with zero attached hydrogens (tertiary/aromatic N) is 2. The van der Waals surface area contributed by atoms with Crippen molar-refractivity contribution in [2.45, 2.75) is 33.1 Å². The Balaban J connectivity index is 1.43. The third-order valence-corrected chi connectivity index (χ3v) is 4.86. The molecule has 1 aliphatic rings. The zero-order chi connectivity index (χ0) is 16.9. The number of hydrogen-bond donors (Lipinski definition) is 1. The van der Waals surface area contributed by atoms with Gasteiger partial charge in [-0.3, -0.25) is 9.69 Å². The number of aromatic nitrogens is 1. The molecule has 0 saturated carbocycles. The van der Waals surface area contributed by atoms with Crippen molar-refractivity contribution in [3.63, 3.8) is 0 Å². The topological polar surface area (TPSA) is 39.3 Å². The van der Waals surface area contributed by atoms with Gasteiger partial charge in [0, 0.05) is 56.2 Å².